The summed E-state index contributed by atoms with van der Waals surface area (Å²) in [4.78, 5) is 0.0439. The van der Waals surface area contributed by atoms with Gasteiger partial charge >= 0.3 is 0 Å². The van der Waals surface area contributed by atoms with E-state index < -0.39 is 15.6 Å². The van der Waals surface area contributed by atoms with Crippen molar-refractivity contribution in [2.45, 2.75) is 31.3 Å². The Hall–Kier alpha value is -0.570. The molecule has 0 aliphatic carbocycles. The summed E-state index contributed by atoms with van der Waals surface area (Å²) < 4.78 is 31.3. The van der Waals surface area contributed by atoms with E-state index in [4.69, 9.17) is 4.52 Å². The van der Waals surface area contributed by atoms with Gasteiger partial charge in [-0.15, -0.1) is 0 Å². The third kappa shape index (κ3) is 3.71. The van der Waals surface area contributed by atoms with E-state index in [0.29, 0.717) is 11.4 Å². The van der Waals surface area contributed by atoms with E-state index in [0.717, 1.165) is 0 Å². The standard InChI is InChI=1S/C10H18N2O4S2/c1-7-9(8(2)16-12-7)18(14,15)11-5-10(3,13)6-17-4/h11,13H,5-6H2,1-4H3. The van der Waals surface area contributed by atoms with E-state index >= 15 is 0 Å². The number of nitrogens with zero attached hydrogens (tertiary/aromatic N) is 1. The summed E-state index contributed by atoms with van der Waals surface area (Å²) in [7, 11) is -3.71. The van der Waals surface area contributed by atoms with Gasteiger partial charge in [-0.2, -0.15) is 11.8 Å². The number of rotatable bonds is 6. The minimum Gasteiger partial charge on any atom is -0.388 e. The molecule has 1 unspecified atom stereocenters. The number of sulfonamides is 1. The van der Waals surface area contributed by atoms with Crippen molar-refractivity contribution < 1.29 is 18.0 Å². The zero-order valence-electron chi connectivity index (χ0n) is 10.8. The normalized spacial score (nSPS) is 15.6. The molecule has 1 rings (SSSR count). The van der Waals surface area contributed by atoms with E-state index in [1.165, 1.54) is 18.7 Å². The summed E-state index contributed by atoms with van der Waals surface area (Å²) in [5.74, 6) is 0.682. The first-order chi connectivity index (χ1) is 8.19. The molecule has 0 radical (unpaired) electrons. The molecule has 6 nitrogen and oxygen atoms in total. The number of thioether (sulfide) groups is 1. The van der Waals surface area contributed by atoms with Crippen molar-refractivity contribution in [3.63, 3.8) is 0 Å². The third-order valence-electron chi connectivity index (χ3n) is 2.33. The van der Waals surface area contributed by atoms with Gasteiger partial charge in [-0.25, -0.2) is 13.1 Å². The highest BCUT2D eigenvalue weighted by molar-refractivity contribution is 7.98. The third-order valence-corrected chi connectivity index (χ3v) is 4.89. The van der Waals surface area contributed by atoms with Crippen LogP contribution in [-0.4, -0.2) is 42.8 Å². The lowest BCUT2D eigenvalue weighted by molar-refractivity contribution is 0.0908. The van der Waals surface area contributed by atoms with Crippen molar-refractivity contribution in [3.05, 3.63) is 11.5 Å². The Morgan fingerprint density at radius 2 is 2.11 bits per heavy atom. The minimum absolute atomic E-state index is 0.0439. The highest BCUT2D eigenvalue weighted by Gasteiger charge is 2.28. The Kier molecular flexibility index (Phi) is 4.82. The van der Waals surface area contributed by atoms with Gasteiger partial charge in [0.25, 0.3) is 0 Å². The monoisotopic (exact) mass is 294 g/mol. The van der Waals surface area contributed by atoms with Crippen molar-refractivity contribution in [2.75, 3.05) is 18.6 Å². The number of nitrogens with one attached hydrogen (secondary N) is 1. The first-order valence-electron chi connectivity index (χ1n) is 5.33. The van der Waals surface area contributed by atoms with Crippen LogP contribution in [0.1, 0.15) is 18.4 Å². The summed E-state index contributed by atoms with van der Waals surface area (Å²) in [6, 6.07) is 0. The molecule has 0 spiro atoms. The van der Waals surface area contributed by atoms with Crippen molar-refractivity contribution in [2.24, 2.45) is 0 Å². The molecule has 1 atom stereocenters. The maximum Gasteiger partial charge on any atom is 0.246 e. The Labute approximate surface area is 111 Å². The number of aromatic nitrogens is 1. The van der Waals surface area contributed by atoms with Gasteiger partial charge in [-0.1, -0.05) is 5.16 Å². The van der Waals surface area contributed by atoms with E-state index in [9.17, 15) is 13.5 Å². The molecule has 18 heavy (non-hydrogen) atoms. The first-order valence-corrected chi connectivity index (χ1v) is 8.21. The van der Waals surface area contributed by atoms with Crippen molar-refractivity contribution in [1.29, 1.82) is 0 Å². The highest BCUT2D eigenvalue weighted by atomic mass is 32.2. The molecule has 1 heterocycles. The first kappa shape index (κ1) is 15.5. The second-order valence-electron chi connectivity index (χ2n) is 4.41. The van der Waals surface area contributed by atoms with E-state index in [1.807, 2.05) is 6.26 Å². The maximum absolute atomic E-state index is 12.1. The van der Waals surface area contributed by atoms with E-state index in [-0.39, 0.29) is 17.2 Å². The molecule has 0 saturated carbocycles. The van der Waals surface area contributed by atoms with Gasteiger partial charge in [0.15, 0.2) is 5.76 Å². The number of hydrogen-bond acceptors (Lipinski definition) is 6. The van der Waals surface area contributed by atoms with Gasteiger partial charge in [0.2, 0.25) is 10.0 Å². The predicted octanol–water partition coefficient (Wildman–Crippen LogP) is 0.684. The summed E-state index contributed by atoms with van der Waals surface area (Å²) >= 11 is 1.45. The second kappa shape index (κ2) is 5.60. The minimum atomic E-state index is -3.71. The van der Waals surface area contributed by atoms with Crippen LogP contribution in [0.25, 0.3) is 0 Å². The average molecular weight is 294 g/mol. The SMILES string of the molecule is CSCC(C)(O)CNS(=O)(=O)c1c(C)noc1C. The Bertz CT molecular complexity index is 488. The van der Waals surface area contributed by atoms with Gasteiger partial charge in [0.05, 0.1) is 5.60 Å². The molecule has 0 amide bonds. The van der Waals surface area contributed by atoms with Crippen LogP contribution in [0.15, 0.2) is 9.42 Å². The summed E-state index contributed by atoms with van der Waals surface area (Å²) in [5, 5.41) is 13.5. The fourth-order valence-electron chi connectivity index (χ4n) is 1.54. The van der Waals surface area contributed by atoms with Crippen LogP contribution in [0.4, 0.5) is 0 Å². The zero-order valence-corrected chi connectivity index (χ0v) is 12.5. The summed E-state index contributed by atoms with van der Waals surface area (Å²) in [6.07, 6.45) is 1.84. The van der Waals surface area contributed by atoms with Crippen LogP contribution in [0.2, 0.25) is 0 Å². The van der Waals surface area contributed by atoms with Crippen LogP contribution in [-0.2, 0) is 10.0 Å². The Morgan fingerprint density at radius 1 is 1.50 bits per heavy atom. The van der Waals surface area contributed by atoms with Crippen LogP contribution < -0.4 is 4.72 Å². The molecule has 0 aromatic carbocycles. The smallest absolute Gasteiger partial charge is 0.246 e. The summed E-state index contributed by atoms with van der Waals surface area (Å²) in [5.41, 5.74) is -0.782. The molecule has 1 aromatic rings. The highest BCUT2D eigenvalue weighted by Crippen LogP contribution is 2.19. The summed E-state index contributed by atoms with van der Waals surface area (Å²) in [6.45, 7) is 4.62. The second-order valence-corrected chi connectivity index (χ2v) is 6.98. The van der Waals surface area contributed by atoms with Gasteiger partial charge in [-0.05, 0) is 27.0 Å². The predicted molar refractivity (Wildman–Crippen MR) is 70.2 cm³/mol. The quantitative estimate of drug-likeness (QED) is 0.801. The molecule has 2 N–H and O–H groups in total. The lowest BCUT2D eigenvalue weighted by Gasteiger charge is -2.22. The fraction of sp³-hybridized carbons (Fsp3) is 0.700. The van der Waals surface area contributed by atoms with Gasteiger partial charge in [0, 0.05) is 12.3 Å². The lowest BCUT2D eigenvalue weighted by Crippen LogP contribution is -2.42. The fourth-order valence-corrected chi connectivity index (χ4v) is 3.75. The maximum atomic E-state index is 12.1. The van der Waals surface area contributed by atoms with Gasteiger partial charge in [-0.3, -0.25) is 0 Å². The van der Waals surface area contributed by atoms with Crippen LogP contribution in [0.3, 0.4) is 0 Å². The largest absolute Gasteiger partial charge is 0.388 e. The Balaban J connectivity index is 2.84. The molecule has 0 aliphatic rings. The molecule has 1 aromatic heterocycles. The number of aryl methyl sites for hydroxylation is 2. The van der Waals surface area contributed by atoms with Crippen LogP contribution in [0, 0.1) is 13.8 Å². The molecule has 0 bridgehead atoms. The van der Waals surface area contributed by atoms with E-state index in [1.54, 1.807) is 13.8 Å². The zero-order chi connectivity index (χ0) is 14.0. The number of hydrogen-bond donors (Lipinski definition) is 2. The number of aliphatic hydroxyl groups is 1. The molecule has 0 aliphatic heterocycles. The molecular formula is C10H18N2O4S2. The van der Waals surface area contributed by atoms with Crippen molar-refractivity contribution in [3.8, 4) is 0 Å². The van der Waals surface area contributed by atoms with Crippen molar-refractivity contribution in [1.82, 2.24) is 9.88 Å². The lowest BCUT2D eigenvalue weighted by atomic mass is 10.1. The molecule has 104 valence electrons. The van der Waals surface area contributed by atoms with Crippen LogP contribution in [0.5, 0.6) is 0 Å². The molecule has 0 saturated heterocycles. The van der Waals surface area contributed by atoms with Gasteiger partial charge < -0.3 is 9.63 Å². The van der Waals surface area contributed by atoms with Gasteiger partial charge in [0.1, 0.15) is 10.6 Å². The molecular weight excluding hydrogens is 276 g/mol. The Morgan fingerprint density at radius 3 is 2.56 bits per heavy atom. The average Bonchev–Trinajstić information content (AvgIpc) is 2.56. The topological polar surface area (TPSA) is 92.4 Å². The van der Waals surface area contributed by atoms with Crippen LogP contribution >= 0.6 is 11.8 Å². The van der Waals surface area contributed by atoms with Crippen molar-refractivity contribution >= 4 is 21.8 Å². The van der Waals surface area contributed by atoms with E-state index in [2.05, 4.69) is 9.88 Å². The molecule has 8 heteroatoms. The molecule has 0 fully saturated rings.